The number of hydrogen-bond acceptors (Lipinski definition) is 5. The summed E-state index contributed by atoms with van der Waals surface area (Å²) in [5.74, 6) is 0.00539. The number of benzene rings is 2. The third-order valence-electron chi connectivity index (χ3n) is 5.49. The molecule has 0 bridgehead atoms. The summed E-state index contributed by atoms with van der Waals surface area (Å²) in [4.78, 5) is 17.1. The van der Waals surface area contributed by atoms with Crippen LogP contribution in [-0.2, 0) is 20.8 Å². The van der Waals surface area contributed by atoms with E-state index in [-0.39, 0.29) is 12.0 Å². The molecule has 0 saturated carbocycles. The summed E-state index contributed by atoms with van der Waals surface area (Å²) in [5.41, 5.74) is 3.22. The Bertz CT molecular complexity index is 840. The first-order chi connectivity index (χ1) is 14.7. The summed E-state index contributed by atoms with van der Waals surface area (Å²) < 4.78 is 12.4. The van der Waals surface area contributed by atoms with Gasteiger partial charge in [0.25, 0.3) is 0 Å². The van der Waals surface area contributed by atoms with E-state index >= 15 is 0 Å². The van der Waals surface area contributed by atoms with E-state index in [2.05, 4.69) is 55.3 Å². The lowest BCUT2D eigenvalue weighted by atomic mass is 10.1. The number of halogens is 1. The van der Waals surface area contributed by atoms with Crippen molar-refractivity contribution in [2.75, 3.05) is 57.9 Å². The molecule has 1 unspecified atom stereocenters. The molecule has 1 atom stereocenters. The molecule has 4 rings (SSSR count). The highest BCUT2D eigenvalue weighted by Gasteiger charge is 2.23. The van der Waals surface area contributed by atoms with E-state index in [0.717, 1.165) is 55.1 Å². The van der Waals surface area contributed by atoms with E-state index in [1.165, 1.54) is 5.56 Å². The van der Waals surface area contributed by atoms with Gasteiger partial charge in [0.2, 0.25) is 5.91 Å². The van der Waals surface area contributed by atoms with Gasteiger partial charge in [-0.2, -0.15) is 0 Å². The highest BCUT2D eigenvalue weighted by atomic mass is 79.9. The number of morpholine rings is 2. The molecule has 0 spiro atoms. The van der Waals surface area contributed by atoms with Crippen LogP contribution in [-0.4, -0.2) is 68.3 Å². The van der Waals surface area contributed by atoms with Crippen LogP contribution in [0.4, 0.5) is 5.69 Å². The lowest BCUT2D eigenvalue weighted by molar-refractivity contribution is -0.119. The minimum absolute atomic E-state index is 0.00539. The van der Waals surface area contributed by atoms with Gasteiger partial charge in [0, 0.05) is 42.9 Å². The van der Waals surface area contributed by atoms with Crippen LogP contribution in [0.2, 0.25) is 0 Å². The average molecular weight is 474 g/mol. The summed E-state index contributed by atoms with van der Waals surface area (Å²) in [5, 5.41) is 3.02. The predicted molar refractivity (Wildman–Crippen MR) is 120 cm³/mol. The topological polar surface area (TPSA) is 54.0 Å². The Morgan fingerprint density at radius 2 is 1.80 bits per heavy atom. The minimum Gasteiger partial charge on any atom is -0.379 e. The second-order valence-electron chi connectivity index (χ2n) is 7.78. The molecule has 2 aliphatic heterocycles. The van der Waals surface area contributed by atoms with Gasteiger partial charge in [-0.05, 0) is 35.4 Å². The molecule has 1 amide bonds. The predicted octanol–water partition coefficient (Wildman–Crippen LogP) is 3.29. The maximum Gasteiger partial charge on any atom is 0.238 e. The average Bonchev–Trinajstić information content (AvgIpc) is 2.76. The monoisotopic (exact) mass is 473 g/mol. The molecule has 2 heterocycles. The van der Waals surface area contributed by atoms with Gasteiger partial charge in [-0.3, -0.25) is 14.6 Å². The van der Waals surface area contributed by atoms with Crippen LogP contribution in [0, 0.1) is 0 Å². The third-order valence-corrected chi connectivity index (χ3v) is 5.98. The molecule has 0 radical (unpaired) electrons. The molecular weight excluding hydrogens is 446 g/mol. The molecule has 2 saturated heterocycles. The zero-order valence-corrected chi connectivity index (χ0v) is 18.6. The summed E-state index contributed by atoms with van der Waals surface area (Å²) in [6.45, 7) is 6.93. The Balaban J connectivity index is 1.26. The van der Waals surface area contributed by atoms with E-state index in [1.807, 2.05) is 24.3 Å². The Morgan fingerprint density at radius 1 is 1.03 bits per heavy atom. The number of ether oxygens (including phenoxy) is 2. The fourth-order valence-corrected chi connectivity index (χ4v) is 4.29. The SMILES string of the molecule is O=C(CN1CCOC(c2cccc(Br)c2)C1)Nc1ccc(CN2CCOCC2)cc1. The van der Waals surface area contributed by atoms with Crippen molar-refractivity contribution in [3.63, 3.8) is 0 Å². The molecule has 0 aromatic heterocycles. The molecule has 6 nitrogen and oxygen atoms in total. The third kappa shape index (κ3) is 6.12. The van der Waals surface area contributed by atoms with Crippen LogP contribution in [0.15, 0.2) is 53.0 Å². The second-order valence-corrected chi connectivity index (χ2v) is 8.70. The van der Waals surface area contributed by atoms with Gasteiger partial charge in [-0.25, -0.2) is 0 Å². The summed E-state index contributed by atoms with van der Waals surface area (Å²) >= 11 is 3.51. The standard InChI is InChI=1S/C23H28BrN3O3/c24-20-3-1-2-19(14-20)22-16-27(10-13-30-22)17-23(28)25-21-6-4-18(5-7-21)15-26-8-11-29-12-9-26/h1-7,14,22H,8-13,15-17H2,(H,25,28). The van der Waals surface area contributed by atoms with Gasteiger partial charge >= 0.3 is 0 Å². The highest BCUT2D eigenvalue weighted by Crippen LogP contribution is 2.24. The van der Waals surface area contributed by atoms with E-state index in [4.69, 9.17) is 9.47 Å². The summed E-state index contributed by atoms with van der Waals surface area (Å²) in [6.07, 6.45) is -0.0106. The number of nitrogens with zero attached hydrogens (tertiary/aromatic N) is 2. The number of hydrogen-bond donors (Lipinski definition) is 1. The molecule has 1 N–H and O–H groups in total. The molecule has 2 aliphatic rings. The number of nitrogens with one attached hydrogen (secondary N) is 1. The van der Waals surface area contributed by atoms with Crippen LogP contribution in [0.25, 0.3) is 0 Å². The van der Waals surface area contributed by atoms with Crippen LogP contribution in [0.1, 0.15) is 17.2 Å². The van der Waals surface area contributed by atoms with Crippen molar-refractivity contribution in [3.05, 3.63) is 64.1 Å². The molecule has 30 heavy (non-hydrogen) atoms. The summed E-state index contributed by atoms with van der Waals surface area (Å²) in [6, 6.07) is 16.3. The lowest BCUT2D eigenvalue weighted by Crippen LogP contribution is -2.42. The van der Waals surface area contributed by atoms with Crippen molar-refractivity contribution in [3.8, 4) is 0 Å². The van der Waals surface area contributed by atoms with Gasteiger partial charge in [0.1, 0.15) is 0 Å². The van der Waals surface area contributed by atoms with Crippen LogP contribution >= 0.6 is 15.9 Å². The molecule has 2 aromatic carbocycles. The molecular formula is C23H28BrN3O3. The van der Waals surface area contributed by atoms with Gasteiger partial charge in [0.15, 0.2) is 0 Å². The van der Waals surface area contributed by atoms with Crippen molar-refractivity contribution in [1.82, 2.24) is 9.80 Å². The lowest BCUT2D eigenvalue weighted by Gasteiger charge is -2.32. The largest absolute Gasteiger partial charge is 0.379 e. The minimum atomic E-state index is -0.0106. The van der Waals surface area contributed by atoms with E-state index in [1.54, 1.807) is 0 Å². The maximum atomic E-state index is 12.6. The molecule has 160 valence electrons. The highest BCUT2D eigenvalue weighted by molar-refractivity contribution is 9.10. The van der Waals surface area contributed by atoms with Gasteiger partial charge < -0.3 is 14.8 Å². The van der Waals surface area contributed by atoms with Crippen molar-refractivity contribution in [2.24, 2.45) is 0 Å². The van der Waals surface area contributed by atoms with Crippen LogP contribution in [0.3, 0.4) is 0 Å². The maximum absolute atomic E-state index is 12.6. The zero-order chi connectivity index (χ0) is 20.8. The Hall–Kier alpha value is -1.77. The first-order valence-corrected chi connectivity index (χ1v) is 11.2. The fraction of sp³-hybridized carbons (Fsp3) is 0.435. The molecule has 2 aromatic rings. The zero-order valence-electron chi connectivity index (χ0n) is 17.1. The number of anilines is 1. The second kappa shape index (κ2) is 10.5. The number of rotatable bonds is 6. The van der Waals surface area contributed by atoms with Crippen molar-refractivity contribution >= 4 is 27.5 Å². The number of carbonyl (C=O) groups is 1. The number of carbonyl (C=O) groups excluding carboxylic acids is 1. The smallest absolute Gasteiger partial charge is 0.238 e. The van der Waals surface area contributed by atoms with Gasteiger partial charge in [-0.1, -0.05) is 40.2 Å². The Kier molecular flexibility index (Phi) is 7.52. The summed E-state index contributed by atoms with van der Waals surface area (Å²) in [7, 11) is 0. The first-order valence-electron chi connectivity index (χ1n) is 10.4. The van der Waals surface area contributed by atoms with Crippen LogP contribution < -0.4 is 5.32 Å². The normalized spacial score (nSPS) is 20.8. The Morgan fingerprint density at radius 3 is 2.57 bits per heavy atom. The van der Waals surface area contributed by atoms with E-state index in [9.17, 15) is 4.79 Å². The van der Waals surface area contributed by atoms with Crippen molar-refractivity contribution in [1.29, 1.82) is 0 Å². The van der Waals surface area contributed by atoms with Gasteiger partial charge in [-0.15, -0.1) is 0 Å². The van der Waals surface area contributed by atoms with Crippen molar-refractivity contribution < 1.29 is 14.3 Å². The van der Waals surface area contributed by atoms with E-state index in [0.29, 0.717) is 19.7 Å². The van der Waals surface area contributed by atoms with E-state index < -0.39 is 0 Å². The molecule has 7 heteroatoms. The fourth-order valence-electron chi connectivity index (χ4n) is 3.87. The van der Waals surface area contributed by atoms with Crippen LogP contribution in [0.5, 0.6) is 0 Å². The first kappa shape index (κ1) is 21.5. The van der Waals surface area contributed by atoms with Crippen molar-refractivity contribution in [2.45, 2.75) is 12.6 Å². The number of amides is 1. The quantitative estimate of drug-likeness (QED) is 0.697. The van der Waals surface area contributed by atoms with Gasteiger partial charge in [0.05, 0.1) is 32.5 Å². The molecule has 2 fully saturated rings. The molecule has 0 aliphatic carbocycles. The Labute approximate surface area is 186 Å².